The highest BCUT2D eigenvalue weighted by atomic mass is 16.5. The second-order valence-electron chi connectivity index (χ2n) is 5.95. The third-order valence-electron chi connectivity index (χ3n) is 3.87. The molecule has 1 aromatic heterocycles. The minimum absolute atomic E-state index is 0.186. The quantitative estimate of drug-likeness (QED) is 0.844. The number of hydrogen-bond acceptors (Lipinski definition) is 4. The van der Waals surface area contributed by atoms with Crippen LogP contribution >= 0.6 is 0 Å². The third kappa shape index (κ3) is 3.80. The maximum Gasteiger partial charge on any atom is 0.228 e. The van der Waals surface area contributed by atoms with Crippen LogP contribution in [0.1, 0.15) is 57.7 Å². The minimum Gasteiger partial charge on any atom is -0.339 e. The van der Waals surface area contributed by atoms with Crippen LogP contribution in [0.5, 0.6) is 0 Å². The molecular weight excluding hydrogens is 226 g/mol. The van der Waals surface area contributed by atoms with Crippen molar-refractivity contribution >= 4 is 0 Å². The molecule has 1 heterocycles. The number of aryl methyl sites for hydroxylation is 1. The van der Waals surface area contributed by atoms with E-state index in [-0.39, 0.29) is 6.04 Å². The van der Waals surface area contributed by atoms with Crippen molar-refractivity contribution in [2.24, 2.45) is 17.6 Å². The maximum atomic E-state index is 6.21. The van der Waals surface area contributed by atoms with Gasteiger partial charge in [-0.2, -0.15) is 4.98 Å². The molecule has 4 nitrogen and oxygen atoms in total. The number of nitrogens with zero attached hydrogens (tertiary/aromatic N) is 2. The summed E-state index contributed by atoms with van der Waals surface area (Å²) in [6, 6.07) is 0.186. The molecule has 102 valence electrons. The van der Waals surface area contributed by atoms with Gasteiger partial charge in [0, 0.05) is 18.9 Å². The van der Waals surface area contributed by atoms with Crippen LogP contribution in [0.15, 0.2) is 4.52 Å². The molecule has 1 aliphatic carbocycles. The van der Waals surface area contributed by atoms with Gasteiger partial charge in [0.1, 0.15) is 0 Å². The lowest BCUT2D eigenvalue weighted by atomic mass is 9.96. The topological polar surface area (TPSA) is 64.9 Å². The van der Waals surface area contributed by atoms with E-state index < -0.39 is 0 Å². The van der Waals surface area contributed by atoms with Crippen molar-refractivity contribution < 1.29 is 4.52 Å². The second-order valence-corrected chi connectivity index (χ2v) is 5.95. The van der Waals surface area contributed by atoms with Gasteiger partial charge in [-0.1, -0.05) is 31.8 Å². The summed E-state index contributed by atoms with van der Waals surface area (Å²) >= 11 is 0. The summed E-state index contributed by atoms with van der Waals surface area (Å²) in [5.41, 5.74) is 6.21. The van der Waals surface area contributed by atoms with Crippen LogP contribution in [-0.4, -0.2) is 16.2 Å². The molecule has 4 heteroatoms. The summed E-state index contributed by atoms with van der Waals surface area (Å²) in [5, 5.41) is 4.03. The van der Waals surface area contributed by atoms with Gasteiger partial charge < -0.3 is 10.3 Å². The summed E-state index contributed by atoms with van der Waals surface area (Å²) in [5.74, 6) is 2.87. The zero-order valence-corrected chi connectivity index (χ0v) is 11.6. The van der Waals surface area contributed by atoms with E-state index in [4.69, 9.17) is 10.3 Å². The molecule has 0 radical (unpaired) electrons. The van der Waals surface area contributed by atoms with Gasteiger partial charge in [0.05, 0.1) is 0 Å². The molecule has 2 N–H and O–H groups in total. The van der Waals surface area contributed by atoms with Gasteiger partial charge in [-0.15, -0.1) is 0 Å². The van der Waals surface area contributed by atoms with E-state index in [1.807, 2.05) is 0 Å². The fourth-order valence-electron chi connectivity index (χ4n) is 2.65. The Morgan fingerprint density at radius 1 is 1.33 bits per heavy atom. The fraction of sp³-hybridized carbons (Fsp3) is 0.857. The minimum atomic E-state index is 0.186. The molecule has 1 fully saturated rings. The summed E-state index contributed by atoms with van der Waals surface area (Å²) in [4.78, 5) is 4.44. The highest BCUT2D eigenvalue weighted by molar-refractivity contribution is 4.91. The number of aromatic nitrogens is 2. The molecule has 1 aliphatic rings. The van der Waals surface area contributed by atoms with Crippen molar-refractivity contribution in [3.8, 4) is 0 Å². The predicted octanol–water partition coefficient (Wildman–Crippen LogP) is 2.72. The van der Waals surface area contributed by atoms with Crippen molar-refractivity contribution in [2.45, 2.75) is 64.8 Å². The van der Waals surface area contributed by atoms with Crippen LogP contribution in [0.25, 0.3) is 0 Å². The maximum absolute atomic E-state index is 6.21. The number of hydrogen-bond donors (Lipinski definition) is 1. The normalized spacial score (nSPS) is 18.7. The van der Waals surface area contributed by atoms with Crippen molar-refractivity contribution in [3.05, 3.63) is 11.7 Å². The molecule has 0 aromatic carbocycles. The van der Waals surface area contributed by atoms with Gasteiger partial charge >= 0.3 is 0 Å². The monoisotopic (exact) mass is 251 g/mol. The SMILES string of the molecule is CC(C)CCc1noc(CC(N)C2CCCC2)n1. The molecular formula is C14H25N3O. The van der Waals surface area contributed by atoms with Crippen LogP contribution < -0.4 is 5.73 Å². The number of rotatable bonds is 6. The molecule has 0 saturated heterocycles. The molecule has 0 aliphatic heterocycles. The van der Waals surface area contributed by atoms with Crippen LogP contribution in [0.3, 0.4) is 0 Å². The second kappa shape index (κ2) is 6.32. The van der Waals surface area contributed by atoms with E-state index in [0.29, 0.717) is 17.7 Å². The Bertz CT molecular complexity index is 356. The van der Waals surface area contributed by atoms with Gasteiger partial charge in [-0.3, -0.25) is 0 Å². The highest BCUT2D eigenvalue weighted by Gasteiger charge is 2.23. The average molecular weight is 251 g/mol. The summed E-state index contributed by atoms with van der Waals surface area (Å²) in [6.07, 6.45) is 7.90. The van der Waals surface area contributed by atoms with Crippen LogP contribution in [0.2, 0.25) is 0 Å². The molecule has 1 atom stereocenters. The van der Waals surface area contributed by atoms with E-state index in [1.54, 1.807) is 0 Å². The van der Waals surface area contributed by atoms with Crippen molar-refractivity contribution in [1.82, 2.24) is 10.1 Å². The van der Waals surface area contributed by atoms with Crippen LogP contribution in [0.4, 0.5) is 0 Å². The predicted molar refractivity (Wildman–Crippen MR) is 71.1 cm³/mol. The van der Waals surface area contributed by atoms with E-state index in [2.05, 4.69) is 24.0 Å². The Morgan fingerprint density at radius 3 is 2.72 bits per heavy atom. The van der Waals surface area contributed by atoms with E-state index in [0.717, 1.165) is 25.1 Å². The van der Waals surface area contributed by atoms with E-state index in [9.17, 15) is 0 Å². The third-order valence-corrected chi connectivity index (χ3v) is 3.87. The van der Waals surface area contributed by atoms with Gasteiger partial charge in [0.25, 0.3) is 0 Å². The molecule has 0 amide bonds. The Labute approximate surface area is 109 Å². The Kier molecular flexibility index (Phi) is 4.75. The zero-order chi connectivity index (χ0) is 13.0. The first-order chi connectivity index (χ1) is 8.65. The molecule has 0 bridgehead atoms. The van der Waals surface area contributed by atoms with E-state index >= 15 is 0 Å². The van der Waals surface area contributed by atoms with Crippen molar-refractivity contribution in [3.63, 3.8) is 0 Å². The Balaban J connectivity index is 1.82. The molecule has 2 rings (SSSR count). The summed E-state index contributed by atoms with van der Waals surface area (Å²) < 4.78 is 5.29. The largest absolute Gasteiger partial charge is 0.339 e. The molecule has 1 unspecified atom stereocenters. The van der Waals surface area contributed by atoms with Gasteiger partial charge in [0.2, 0.25) is 5.89 Å². The average Bonchev–Trinajstić information content (AvgIpc) is 2.97. The van der Waals surface area contributed by atoms with Crippen molar-refractivity contribution in [1.29, 1.82) is 0 Å². The Hall–Kier alpha value is -0.900. The van der Waals surface area contributed by atoms with E-state index in [1.165, 1.54) is 25.7 Å². The van der Waals surface area contributed by atoms with Crippen LogP contribution in [-0.2, 0) is 12.8 Å². The smallest absolute Gasteiger partial charge is 0.228 e. The highest BCUT2D eigenvalue weighted by Crippen LogP contribution is 2.28. The van der Waals surface area contributed by atoms with Gasteiger partial charge in [-0.25, -0.2) is 0 Å². The Morgan fingerprint density at radius 2 is 2.06 bits per heavy atom. The first-order valence-corrected chi connectivity index (χ1v) is 7.22. The van der Waals surface area contributed by atoms with Gasteiger partial charge in [-0.05, 0) is 31.1 Å². The van der Waals surface area contributed by atoms with Crippen LogP contribution in [0, 0.1) is 11.8 Å². The number of nitrogens with two attached hydrogens (primary N) is 1. The summed E-state index contributed by atoms with van der Waals surface area (Å²) in [7, 11) is 0. The van der Waals surface area contributed by atoms with Gasteiger partial charge in [0.15, 0.2) is 5.82 Å². The lowest BCUT2D eigenvalue weighted by Crippen LogP contribution is -2.30. The summed E-state index contributed by atoms with van der Waals surface area (Å²) in [6.45, 7) is 4.41. The molecule has 1 saturated carbocycles. The fourth-order valence-corrected chi connectivity index (χ4v) is 2.65. The lowest BCUT2D eigenvalue weighted by molar-refractivity contribution is 0.338. The molecule has 18 heavy (non-hydrogen) atoms. The standard InChI is InChI=1S/C14H25N3O/c1-10(2)7-8-13-16-14(18-17-13)9-12(15)11-5-3-4-6-11/h10-12H,3-9,15H2,1-2H3. The molecule has 1 aromatic rings. The van der Waals surface area contributed by atoms with Crippen molar-refractivity contribution in [2.75, 3.05) is 0 Å². The lowest BCUT2D eigenvalue weighted by Gasteiger charge is -2.16. The molecule has 0 spiro atoms. The first-order valence-electron chi connectivity index (χ1n) is 7.22. The zero-order valence-electron chi connectivity index (χ0n) is 11.6. The first kappa shape index (κ1) is 13.5.